The second-order valence-electron chi connectivity index (χ2n) is 6.30. The Kier molecular flexibility index (Phi) is 4.65. The van der Waals surface area contributed by atoms with E-state index in [1.807, 2.05) is 31.2 Å². The predicted octanol–water partition coefficient (Wildman–Crippen LogP) is 2.21. The largest absolute Gasteiger partial charge is 0.356 e. The molecule has 1 fully saturated rings. The van der Waals surface area contributed by atoms with Gasteiger partial charge in [-0.3, -0.25) is 9.67 Å². The summed E-state index contributed by atoms with van der Waals surface area (Å²) in [6, 6.07) is 10.8. The van der Waals surface area contributed by atoms with Gasteiger partial charge in [-0.2, -0.15) is 5.10 Å². The van der Waals surface area contributed by atoms with E-state index in [0.29, 0.717) is 0 Å². The van der Waals surface area contributed by atoms with Gasteiger partial charge in [-0.05, 0) is 18.4 Å². The van der Waals surface area contributed by atoms with Crippen LogP contribution in [-0.2, 0) is 19.0 Å². The van der Waals surface area contributed by atoms with Gasteiger partial charge in [0.1, 0.15) is 0 Å². The Hall–Kier alpha value is -2.30. The second-order valence-corrected chi connectivity index (χ2v) is 6.30. The molecule has 1 aliphatic rings. The number of hydrogen-bond donors (Lipinski definition) is 2. The maximum Gasteiger partial charge on any atom is 0.191 e. The lowest BCUT2D eigenvalue weighted by molar-refractivity contribution is 0.244. The van der Waals surface area contributed by atoms with E-state index in [-0.39, 0.29) is 5.41 Å². The maximum absolute atomic E-state index is 4.33. The van der Waals surface area contributed by atoms with E-state index in [2.05, 4.69) is 51.1 Å². The first-order chi connectivity index (χ1) is 11.2. The van der Waals surface area contributed by atoms with Crippen molar-refractivity contribution in [2.24, 2.45) is 12.0 Å². The van der Waals surface area contributed by atoms with Crippen LogP contribution in [0.1, 0.15) is 30.4 Å². The molecule has 0 spiro atoms. The molecule has 0 amide bonds. The molecule has 5 heteroatoms. The molecule has 0 unspecified atom stereocenters. The van der Waals surface area contributed by atoms with Gasteiger partial charge < -0.3 is 10.6 Å². The first kappa shape index (κ1) is 15.6. The number of guanidine groups is 1. The van der Waals surface area contributed by atoms with Crippen LogP contribution in [0.5, 0.6) is 0 Å². The maximum atomic E-state index is 4.33. The normalized spacial score (nSPS) is 16.7. The van der Waals surface area contributed by atoms with E-state index in [9.17, 15) is 0 Å². The van der Waals surface area contributed by atoms with E-state index >= 15 is 0 Å². The van der Waals surface area contributed by atoms with Crippen LogP contribution in [-0.4, -0.2) is 29.3 Å². The van der Waals surface area contributed by atoms with Crippen LogP contribution in [0.25, 0.3) is 0 Å². The molecule has 1 aromatic carbocycles. The van der Waals surface area contributed by atoms with Gasteiger partial charge in [0.25, 0.3) is 0 Å². The van der Waals surface area contributed by atoms with Gasteiger partial charge in [-0.1, -0.05) is 36.8 Å². The summed E-state index contributed by atoms with van der Waals surface area (Å²) in [6.45, 7) is 1.65. The molecule has 5 nitrogen and oxygen atoms in total. The van der Waals surface area contributed by atoms with E-state index in [0.717, 1.165) is 24.6 Å². The zero-order chi connectivity index (χ0) is 16.1. The molecule has 23 heavy (non-hydrogen) atoms. The fraction of sp³-hybridized carbons (Fsp3) is 0.444. The van der Waals surface area contributed by atoms with Crippen molar-refractivity contribution >= 4 is 5.96 Å². The van der Waals surface area contributed by atoms with Crippen molar-refractivity contribution in [3.63, 3.8) is 0 Å². The van der Waals surface area contributed by atoms with Crippen LogP contribution in [0.3, 0.4) is 0 Å². The fourth-order valence-corrected chi connectivity index (χ4v) is 3.19. The van der Waals surface area contributed by atoms with Gasteiger partial charge >= 0.3 is 0 Å². The molecule has 0 radical (unpaired) electrons. The Labute approximate surface area is 137 Å². The Bertz CT molecular complexity index is 655. The highest BCUT2D eigenvalue weighted by atomic mass is 15.2. The molecular weight excluding hydrogens is 286 g/mol. The first-order valence-corrected chi connectivity index (χ1v) is 8.19. The van der Waals surface area contributed by atoms with Crippen molar-refractivity contribution in [2.75, 3.05) is 13.6 Å². The fourth-order valence-electron chi connectivity index (χ4n) is 3.19. The highest BCUT2D eigenvalue weighted by Crippen LogP contribution is 2.43. The molecule has 1 saturated carbocycles. The summed E-state index contributed by atoms with van der Waals surface area (Å²) >= 11 is 0. The molecule has 122 valence electrons. The van der Waals surface area contributed by atoms with Crippen LogP contribution in [0, 0.1) is 0 Å². The lowest BCUT2D eigenvalue weighted by atomic mass is 9.64. The number of rotatable bonds is 5. The van der Waals surface area contributed by atoms with Crippen LogP contribution in [0.4, 0.5) is 0 Å². The Morgan fingerprint density at radius 2 is 2.04 bits per heavy atom. The van der Waals surface area contributed by atoms with Crippen molar-refractivity contribution in [3.05, 3.63) is 53.9 Å². The molecule has 2 N–H and O–H groups in total. The van der Waals surface area contributed by atoms with Gasteiger partial charge in [0.15, 0.2) is 5.96 Å². The SMILES string of the molecule is CN=C(NCc1cnn(C)c1)NCC1(c2ccccc2)CCC1. The lowest BCUT2D eigenvalue weighted by Gasteiger charge is -2.43. The standard InChI is InChI=1S/C18H25N5/c1-19-17(20-11-15-12-22-23(2)13-15)21-14-18(9-6-10-18)16-7-4-3-5-8-16/h3-5,7-8,12-13H,6,9-11,14H2,1-2H3,(H2,19,20,21). The van der Waals surface area contributed by atoms with Crippen molar-refractivity contribution in [3.8, 4) is 0 Å². The van der Waals surface area contributed by atoms with Crippen LogP contribution in [0.15, 0.2) is 47.7 Å². The third kappa shape index (κ3) is 3.55. The van der Waals surface area contributed by atoms with Crippen molar-refractivity contribution < 1.29 is 0 Å². The highest BCUT2D eigenvalue weighted by Gasteiger charge is 2.38. The third-order valence-electron chi connectivity index (χ3n) is 4.73. The van der Waals surface area contributed by atoms with Crippen LogP contribution >= 0.6 is 0 Å². The summed E-state index contributed by atoms with van der Waals surface area (Å²) in [7, 11) is 3.74. The average molecular weight is 311 g/mol. The number of nitrogens with one attached hydrogen (secondary N) is 2. The number of aliphatic imine (C=N–C) groups is 1. The molecule has 2 aromatic rings. The summed E-state index contributed by atoms with van der Waals surface area (Å²) in [4.78, 5) is 4.33. The van der Waals surface area contributed by atoms with Gasteiger partial charge in [-0.15, -0.1) is 0 Å². The number of benzene rings is 1. The molecule has 3 rings (SSSR count). The smallest absolute Gasteiger partial charge is 0.191 e. The number of aryl methyl sites for hydroxylation is 1. The summed E-state index contributed by atoms with van der Waals surface area (Å²) in [5.41, 5.74) is 2.84. The van der Waals surface area contributed by atoms with Crippen molar-refractivity contribution in [1.29, 1.82) is 0 Å². The van der Waals surface area contributed by atoms with Gasteiger partial charge in [0.05, 0.1) is 6.20 Å². The Balaban J connectivity index is 1.57. The monoisotopic (exact) mass is 311 g/mol. The van der Waals surface area contributed by atoms with Crippen molar-refractivity contribution in [2.45, 2.75) is 31.2 Å². The first-order valence-electron chi connectivity index (χ1n) is 8.19. The third-order valence-corrected chi connectivity index (χ3v) is 4.73. The zero-order valence-corrected chi connectivity index (χ0v) is 13.9. The Morgan fingerprint density at radius 1 is 1.26 bits per heavy atom. The van der Waals surface area contributed by atoms with E-state index < -0.39 is 0 Å². The van der Waals surface area contributed by atoms with Crippen LogP contribution in [0.2, 0.25) is 0 Å². The molecular formula is C18H25N5. The predicted molar refractivity (Wildman–Crippen MR) is 93.4 cm³/mol. The second kappa shape index (κ2) is 6.86. The molecule has 1 heterocycles. The van der Waals surface area contributed by atoms with Gasteiger partial charge in [-0.25, -0.2) is 0 Å². The van der Waals surface area contributed by atoms with Gasteiger partial charge in [0.2, 0.25) is 0 Å². The summed E-state index contributed by atoms with van der Waals surface area (Å²) < 4.78 is 1.81. The minimum absolute atomic E-state index is 0.257. The molecule has 0 bridgehead atoms. The number of aromatic nitrogens is 2. The quantitative estimate of drug-likeness (QED) is 0.657. The molecule has 0 atom stereocenters. The number of nitrogens with zero attached hydrogens (tertiary/aromatic N) is 3. The van der Waals surface area contributed by atoms with Gasteiger partial charge in [0, 0.05) is 44.4 Å². The van der Waals surface area contributed by atoms with E-state index in [1.54, 1.807) is 0 Å². The summed E-state index contributed by atoms with van der Waals surface area (Å²) in [5, 5.41) is 11.0. The van der Waals surface area contributed by atoms with E-state index in [4.69, 9.17) is 0 Å². The minimum atomic E-state index is 0.257. The topological polar surface area (TPSA) is 54.2 Å². The zero-order valence-electron chi connectivity index (χ0n) is 13.9. The molecule has 0 aliphatic heterocycles. The molecule has 1 aliphatic carbocycles. The lowest BCUT2D eigenvalue weighted by Crippen LogP contribution is -2.48. The highest BCUT2D eigenvalue weighted by molar-refractivity contribution is 5.79. The average Bonchev–Trinajstić information content (AvgIpc) is 2.96. The Morgan fingerprint density at radius 3 is 2.61 bits per heavy atom. The molecule has 0 saturated heterocycles. The van der Waals surface area contributed by atoms with E-state index in [1.165, 1.54) is 24.8 Å². The molecule has 1 aromatic heterocycles. The summed E-state index contributed by atoms with van der Waals surface area (Å²) in [6.07, 6.45) is 7.67. The van der Waals surface area contributed by atoms with Crippen molar-refractivity contribution in [1.82, 2.24) is 20.4 Å². The number of hydrogen-bond acceptors (Lipinski definition) is 2. The van der Waals surface area contributed by atoms with Crippen LogP contribution < -0.4 is 10.6 Å². The minimum Gasteiger partial charge on any atom is -0.356 e. The summed E-state index contributed by atoms with van der Waals surface area (Å²) in [5.74, 6) is 0.844.